The normalized spacial score (nSPS) is 14.4. The van der Waals surface area contributed by atoms with Gasteiger partial charge in [-0.2, -0.15) is 0 Å². The Bertz CT molecular complexity index is 576. The van der Waals surface area contributed by atoms with E-state index in [4.69, 9.17) is 4.98 Å². The number of rotatable bonds is 4. The minimum absolute atomic E-state index is 0.563. The molecule has 0 unspecified atom stereocenters. The average Bonchev–Trinajstić information content (AvgIpc) is 3.24. The van der Waals surface area contributed by atoms with Gasteiger partial charge >= 0.3 is 0 Å². The van der Waals surface area contributed by atoms with Crippen LogP contribution in [0.5, 0.6) is 0 Å². The summed E-state index contributed by atoms with van der Waals surface area (Å²) >= 11 is 3.46. The molecule has 3 rings (SSSR count). The molecule has 0 amide bonds. The Morgan fingerprint density at radius 2 is 1.95 bits per heavy atom. The van der Waals surface area contributed by atoms with Crippen molar-refractivity contribution in [3.63, 3.8) is 0 Å². The monoisotopic (exact) mass is 317 g/mol. The molecule has 1 N–H and O–H groups in total. The van der Waals surface area contributed by atoms with Crippen LogP contribution in [0.4, 0.5) is 5.82 Å². The lowest BCUT2D eigenvalue weighted by Gasteiger charge is -2.08. The highest BCUT2D eigenvalue weighted by Crippen LogP contribution is 2.39. The molecule has 3 nitrogen and oxygen atoms in total. The molecule has 2 aromatic rings. The maximum Gasteiger partial charge on any atom is 0.134 e. The average molecular weight is 318 g/mol. The van der Waals surface area contributed by atoms with E-state index in [-0.39, 0.29) is 0 Å². The van der Waals surface area contributed by atoms with E-state index in [9.17, 15) is 0 Å². The van der Waals surface area contributed by atoms with Crippen LogP contribution in [0.1, 0.15) is 31.5 Å². The van der Waals surface area contributed by atoms with Crippen molar-refractivity contribution in [2.75, 3.05) is 11.9 Å². The molecule has 4 heteroatoms. The predicted molar refractivity (Wildman–Crippen MR) is 81.3 cm³/mol. The van der Waals surface area contributed by atoms with E-state index >= 15 is 0 Å². The fourth-order valence-electron chi connectivity index (χ4n) is 2.03. The zero-order valence-electron chi connectivity index (χ0n) is 10.9. The van der Waals surface area contributed by atoms with Crippen LogP contribution in [-0.2, 0) is 0 Å². The van der Waals surface area contributed by atoms with Gasteiger partial charge in [0.2, 0.25) is 0 Å². The third-order valence-corrected chi connectivity index (χ3v) is 3.71. The summed E-state index contributed by atoms with van der Waals surface area (Å²) in [6, 6.07) is 10.3. The number of nitrogens with one attached hydrogen (secondary N) is 1. The number of aromatic nitrogens is 2. The lowest BCUT2D eigenvalue weighted by Crippen LogP contribution is -2.04. The molecule has 1 aliphatic rings. The summed E-state index contributed by atoms with van der Waals surface area (Å²) in [4.78, 5) is 9.31. The van der Waals surface area contributed by atoms with Gasteiger partial charge in [-0.15, -0.1) is 0 Å². The third kappa shape index (κ3) is 2.95. The first kappa shape index (κ1) is 12.6. The first-order valence-electron chi connectivity index (χ1n) is 6.65. The quantitative estimate of drug-likeness (QED) is 0.917. The zero-order chi connectivity index (χ0) is 13.2. The third-order valence-electron chi connectivity index (χ3n) is 3.18. The molecule has 1 saturated carbocycles. The van der Waals surface area contributed by atoms with E-state index in [1.165, 1.54) is 12.8 Å². The molecule has 0 atom stereocenters. The molecule has 0 spiro atoms. The first-order valence-corrected chi connectivity index (χ1v) is 7.44. The number of hydrogen-bond acceptors (Lipinski definition) is 3. The van der Waals surface area contributed by atoms with Gasteiger partial charge in [0.15, 0.2) is 0 Å². The number of benzene rings is 1. The summed E-state index contributed by atoms with van der Waals surface area (Å²) in [5.41, 5.74) is 2.13. The number of nitrogens with zero attached hydrogens (tertiary/aromatic N) is 2. The fourth-order valence-corrected chi connectivity index (χ4v) is 2.29. The summed E-state index contributed by atoms with van der Waals surface area (Å²) in [7, 11) is 0. The molecule has 1 heterocycles. The predicted octanol–water partition coefficient (Wildman–Crippen LogP) is 4.22. The van der Waals surface area contributed by atoms with E-state index in [0.29, 0.717) is 5.92 Å². The van der Waals surface area contributed by atoms with Crippen LogP contribution in [0, 0.1) is 0 Å². The van der Waals surface area contributed by atoms with E-state index < -0.39 is 0 Å². The smallest absolute Gasteiger partial charge is 0.134 e. The second-order valence-electron chi connectivity index (χ2n) is 4.81. The maximum absolute atomic E-state index is 4.71. The molecule has 19 heavy (non-hydrogen) atoms. The van der Waals surface area contributed by atoms with Gasteiger partial charge in [0.25, 0.3) is 0 Å². The molecule has 0 saturated heterocycles. The maximum atomic E-state index is 4.71. The lowest BCUT2D eigenvalue weighted by molar-refractivity contribution is 0.927. The highest BCUT2D eigenvalue weighted by atomic mass is 79.9. The molecule has 0 aliphatic heterocycles. The van der Waals surface area contributed by atoms with E-state index in [0.717, 1.165) is 33.9 Å². The minimum atomic E-state index is 0.563. The zero-order valence-corrected chi connectivity index (χ0v) is 12.4. The van der Waals surface area contributed by atoms with Crippen LogP contribution in [0.25, 0.3) is 11.3 Å². The van der Waals surface area contributed by atoms with Crippen molar-refractivity contribution in [2.45, 2.75) is 25.7 Å². The van der Waals surface area contributed by atoms with Crippen molar-refractivity contribution in [3.8, 4) is 11.3 Å². The summed E-state index contributed by atoms with van der Waals surface area (Å²) < 4.78 is 1.08. The van der Waals surface area contributed by atoms with Gasteiger partial charge in [-0.1, -0.05) is 28.1 Å². The van der Waals surface area contributed by atoms with Gasteiger partial charge in [0, 0.05) is 28.6 Å². The molecule has 0 bridgehead atoms. The Morgan fingerprint density at radius 3 is 2.58 bits per heavy atom. The Kier molecular flexibility index (Phi) is 3.51. The van der Waals surface area contributed by atoms with Crippen LogP contribution in [0.2, 0.25) is 0 Å². The Labute approximate surface area is 121 Å². The molecular formula is C15H16BrN3. The molecule has 98 valence electrons. The van der Waals surface area contributed by atoms with Crippen molar-refractivity contribution >= 4 is 21.7 Å². The summed E-state index contributed by atoms with van der Waals surface area (Å²) in [6.07, 6.45) is 2.44. The van der Waals surface area contributed by atoms with Gasteiger partial charge < -0.3 is 5.32 Å². The largest absolute Gasteiger partial charge is 0.370 e. The second-order valence-corrected chi connectivity index (χ2v) is 5.72. The second kappa shape index (κ2) is 5.29. The van der Waals surface area contributed by atoms with Crippen molar-refractivity contribution in [3.05, 3.63) is 40.6 Å². The highest BCUT2D eigenvalue weighted by molar-refractivity contribution is 9.10. The highest BCUT2D eigenvalue weighted by Gasteiger charge is 2.27. The molecule has 1 aliphatic carbocycles. The molecule has 1 fully saturated rings. The lowest BCUT2D eigenvalue weighted by atomic mass is 10.1. The van der Waals surface area contributed by atoms with Gasteiger partial charge in [0.05, 0.1) is 5.69 Å². The molecular weight excluding hydrogens is 302 g/mol. The SMILES string of the molecule is CCNc1cc(-c2ccc(Br)cc2)nc(C2CC2)n1. The van der Waals surface area contributed by atoms with Crippen molar-refractivity contribution in [1.29, 1.82) is 0 Å². The number of halogens is 1. The van der Waals surface area contributed by atoms with E-state index in [1.54, 1.807) is 0 Å². The Balaban J connectivity index is 2.01. The minimum Gasteiger partial charge on any atom is -0.370 e. The Hall–Kier alpha value is -1.42. The van der Waals surface area contributed by atoms with Gasteiger partial charge in [-0.3, -0.25) is 0 Å². The van der Waals surface area contributed by atoms with E-state index in [1.807, 2.05) is 18.2 Å². The van der Waals surface area contributed by atoms with Crippen molar-refractivity contribution in [1.82, 2.24) is 9.97 Å². The van der Waals surface area contributed by atoms with Gasteiger partial charge in [-0.05, 0) is 31.9 Å². The Morgan fingerprint density at radius 1 is 1.21 bits per heavy atom. The van der Waals surface area contributed by atoms with Crippen molar-refractivity contribution in [2.24, 2.45) is 0 Å². The van der Waals surface area contributed by atoms with Crippen LogP contribution in [-0.4, -0.2) is 16.5 Å². The number of anilines is 1. The van der Waals surface area contributed by atoms with Crippen LogP contribution >= 0.6 is 15.9 Å². The molecule has 1 aromatic carbocycles. The summed E-state index contributed by atoms with van der Waals surface area (Å²) in [5.74, 6) is 2.47. The van der Waals surface area contributed by atoms with Crippen LogP contribution in [0.15, 0.2) is 34.8 Å². The van der Waals surface area contributed by atoms with Gasteiger partial charge in [0.1, 0.15) is 11.6 Å². The number of hydrogen-bond donors (Lipinski definition) is 1. The molecule has 1 aromatic heterocycles. The topological polar surface area (TPSA) is 37.8 Å². The molecule has 0 radical (unpaired) electrons. The summed E-state index contributed by atoms with van der Waals surface area (Å²) in [6.45, 7) is 2.96. The van der Waals surface area contributed by atoms with Crippen molar-refractivity contribution < 1.29 is 0 Å². The van der Waals surface area contributed by atoms with Crippen LogP contribution < -0.4 is 5.32 Å². The fraction of sp³-hybridized carbons (Fsp3) is 0.333. The first-order chi connectivity index (χ1) is 9.26. The standard InChI is InChI=1S/C15H16BrN3/c1-2-17-14-9-13(10-5-7-12(16)8-6-10)18-15(19-14)11-3-4-11/h5-9,11H,2-4H2,1H3,(H,17,18,19). The van der Waals surface area contributed by atoms with Gasteiger partial charge in [-0.25, -0.2) is 9.97 Å². The summed E-state index contributed by atoms with van der Waals surface area (Å²) in [5, 5.41) is 3.29. The van der Waals surface area contributed by atoms with Crippen LogP contribution in [0.3, 0.4) is 0 Å². The van der Waals surface area contributed by atoms with E-state index in [2.05, 4.69) is 45.3 Å².